The summed E-state index contributed by atoms with van der Waals surface area (Å²) in [6.07, 6.45) is 37.2. The number of phosphoric ester groups is 1. The molecule has 0 amide bonds. The van der Waals surface area contributed by atoms with Crippen molar-refractivity contribution in [2.24, 2.45) is 0 Å². The Balaban J connectivity index is 2.32. The van der Waals surface area contributed by atoms with Gasteiger partial charge in [-0.1, -0.05) is 258 Å². The van der Waals surface area contributed by atoms with E-state index in [2.05, 4.69) is 13.8 Å². The lowest BCUT2D eigenvalue weighted by atomic mass is 9.85. The van der Waals surface area contributed by atoms with Gasteiger partial charge in [0.15, 0.2) is 6.10 Å². The SMILES string of the molecule is CCCCCCCCCCCCCCCCCCCCCCCC(=O)O[C@H](COC(=O)CCCCCCCCCCCCCCCCCCCCC)COP(=O)(O)OC1C(O)C(O)C(O)[C@@H](O)C1O. The molecule has 0 heterocycles. The van der Waals surface area contributed by atoms with Gasteiger partial charge in [-0.3, -0.25) is 18.6 Å². The van der Waals surface area contributed by atoms with E-state index in [9.17, 15) is 44.6 Å². The molecule has 0 spiro atoms. The first kappa shape index (κ1) is 65.9. The molecule has 69 heavy (non-hydrogen) atoms. The van der Waals surface area contributed by atoms with Crippen LogP contribution in [0.1, 0.15) is 284 Å². The molecule has 0 saturated heterocycles. The Morgan fingerprint density at radius 2 is 0.652 bits per heavy atom. The van der Waals surface area contributed by atoms with Crippen molar-refractivity contribution in [3.8, 4) is 0 Å². The standard InChI is InChI=1S/C55H107O13P/c1-3-5-7-9-11-13-15-17-19-21-23-24-26-28-30-32-34-36-38-40-42-44-49(57)67-47(46-66-69(63,64)68-55-53(61)51(59)50(58)52(60)54(55)62)45-65-48(56)43-41-39-37-35-33-31-29-27-25-22-20-18-16-14-12-10-8-6-4-2/h47,50-55,58-62H,3-46H2,1-2H3,(H,63,64)/t47-,50?,51-,52?,53?,54?,55?/m1/s1. The van der Waals surface area contributed by atoms with Crippen LogP contribution in [0, 0.1) is 0 Å². The zero-order valence-electron chi connectivity index (χ0n) is 44.1. The normalized spacial score (nSPS) is 20.8. The van der Waals surface area contributed by atoms with E-state index >= 15 is 0 Å². The molecule has 6 N–H and O–H groups in total. The van der Waals surface area contributed by atoms with Crippen LogP contribution in [-0.4, -0.2) is 98.3 Å². The molecular weight excluding hydrogens is 900 g/mol. The summed E-state index contributed by atoms with van der Waals surface area (Å²) in [6.45, 7) is 3.38. The zero-order valence-corrected chi connectivity index (χ0v) is 45.0. The molecule has 0 aromatic heterocycles. The molecule has 1 fully saturated rings. The highest BCUT2D eigenvalue weighted by molar-refractivity contribution is 7.47. The smallest absolute Gasteiger partial charge is 0.462 e. The molecule has 13 nitrogen and oxygen atoms in total. The summed E-state index contributed by atoms with van der Waals surface area (Å²) in [5.74, 6) is -1.07. The predicted molar refractivity (Wildman–Crippen MR) is 277 cm³/mol. The van der Waals surface area contributed by atoms with Crippen molar-refractivity contribution in [2.75, 3.05) is 13.2 Å². The Labute approximate surface area is 421 Å². The van der Waals surface area contributed by atoms with Crippen LogP contribution in [0.3, 0.4) is 0 Å². The molecule has 0 aromatic carbocycles. The number of hydrogen-bond donors (Lipinski definition) is 6. The van der Waals surface area contributed by atoms with Gasteiger partial charge >= 0.3 is 19.8 Å². The second-order valence-electron chi connectivity index (χ2n) is 20.5. The van der Waals surface area contributed by atoms with E-state index in [4.69, 9.17) is 18.5 Å². The number of ether oxygens (including phenoxy) is 2. The fourth-order valence-electron chi connectivity index (χ4n) is 9.35. The van der Waals surface area contributed by atoms with Crippen LogP contribution in [0.5, 0.6) is 0 Å². The number of aliphatic hydroxyl groups is 5. The van der Waals surface area contributed by atoms with Crippen LogP contribution in [0.15, 0.2) is 0 Å². The van der Waals surface area contributed by atoms with Crippen LogP contribution < -0.4 is 0 Å². The quantitative estimate of drug-likeness (QED) is 0.0191. The van der Waals surface area contributed by atoms with Crippen LogP contribution in [0.4, 0.5) is 0 Å². The van der Waals surface area contributed by atoms with Gasteiger partial charge in [-0.15, -0.1) is 0 Å². The number of esters is 2. The second-order valence-corrected chi connectivity index (χ2v) is 21.9. The average molecular weight is 1010 g/mol. The molecule has 1 saturated carbocycles. The third-order valence-electron chi connectivity index (χ3n) is 13.9. The average Bonchev–Trinajstić information content (AvgIpc) is 3.33. The lowest BCUT2D eigenvalue weighted by molar-refractivity contribution is -0.220. The number of unbranched alkanes of at least 4 members (excludes halogenated alkanes) is 38. The van der Waals surface area contributed by atoms with Crippen molar-refractivity contribution in [2.45, 2.75) is 326 Å². The number of carbonyl (C=O) groups excluding carboxylic acids is 2. The summed E-state index contributed by atoms with van der Waals surface area (Å²) in [5.41, 5.74) is 0. The maximum Gasteiger partial charge on any atom is 0.472 e. The van der Waals surface area contributed by atoms with Gasteiger partial charge in [-0.2, -0.15) is 0 Å². The first-order valence-corrected chi connectivity index (χ1v) is 30.3. The predicted octanol–water partition coefficient (Wildman–Crippen LogP) is 13.2. The highest BCUT2D eigenvalue weighted by Gasteiger charge is 2.51. The third-order valence-corrected chi connectivity index (χ3v) is 14.9. The molecule has 1 aliphatic rings. The Hall–Kier alpha value is -1.15. The van der Waals surface area contributed by atoms with Gasteiger partial charge in [0.05, 0.1) is 6.61 Å². The number of carbonyl (C=O) groups is 2. The topological polar surface area (TPSA) is 210 Å². The molecule has 1 aliphatic carbocycles. The van der Waals surface area contributed by atoms with Crippen LogP contribution in [-0.2, 0) is 32.7 Å². The minimum atomic E-state index is -5.12. The minimum Gasteiger partial charge on any atom is -0.462 e. The number of aliphatic hydroxyl groups excluding tert-OH is 5. The molecule has 14 heteroatoms. The van der Waals surface area contributed by atoms with Crippen LogP contribution >= 0.6 is 7.82 Å². The Morgan fingerprint density at radius 1 is 0.391 bits per heavy atom. The van der Waals surface area contributed by atoms with Crippen molar-refractivity contribution in [1.29, 1.82) is 0 Å². The van der Waals surface area contributed by atoms with E-state index in [0.717, 1.165) is 38.5 Å². The lowest BCUT2D eigenvalue weighted by Gasteiger charge is -2.41. The Bertz CT molecular complexity index is 1210. The van der Waals surface area contributed by atoms with Crippen LogP contribution in [0.2, 0.25) is 0 Å². The van der Waals surface area contributed by atoms with E-state index in [-0.39, 0.29) is 12.8 Å². The van der Waals surface area contributed by atoms with Crippen molar-refractivity contribution in [3.05, 3.63) is 0 Å². The van der Waals surface area contributed by atoms with Gasteiger partial charge in [0.1, 0.15) is 43.2 Å². The van der Waals surface area contributed by atoms with Crippen molar-refractivity contribution < 1.29 is 63.1 Å². The van der Waals surface area contributed by atoms with Crippen LogP contribution in [0.25, 0.3) is 0 Å². The summed E-state index contributed by atoms with van der Waals surface area (Å²) in [4.78, 5) is 36.0. The van der Waals surface area contributed by atoms with Crippen molar-refractivity contribution in [1.82, 2.24) is 0 Å². The van der Waals surface area contributed by atoms with Gasteiger partial charge in [-0.25, -0.2) is 4.57 Å². The minimum absolute atomic E-state index is 0.106. The number of hydrogen-bond acceptors (Lipinski definition) is 12. The van der Waals surface area contributed by atoms with Gasteiger partial charge < -0.3 is 39.9 Å². The summed E-state index contributed by atoms with van der Waals surface area (Å²) < 4.78 is 33.8. The summed E-state index contributed by atoms with van der Waals surface area (Å²) in [7, 11) is -5.12. The van der Waals surface area contributed by atoms with E-state index in [0.29, 0.717) is 12.8 Å². The van der Waals surface area contributed by atoms with E-state index < -0.39 is 75.7 Å². The monoisotopic (exact) mass is 1010 g/mol. The van der Waals surface area contributed by atoms with Gasteiger partial charge in [0, 0.05) is 12.8 Å². The number of rotatable bonds is 50. The molecule has 1 rings (SSSR count). The summed E-state index contributed by atoms with van der Waals surface area (Å²) in [5, 5.41) is 50.4. The molecule has 0 aromatic rings. The fourth-order valence-corrected chi connectivity index (χ4v) is 10.3. The largest absolute Gasteiger partial charge is 0.472 e. The summed E-state index contributed by atoms with van der Waals surface area (Å²) >= 11 is 0. The lowest BCUT2D eigenvalue weighted by Crippen LogP contribution is -2.64. The summed E-state index contributed by atoms with van der Waals surface area (Å²) in [6, 6.07) is 0. The van der Waals surface area contributed by atoms with Crippen molar-refractivity contribution >= 4 is 19.8 Å². The first-order chi connectivity index (χ1) is 33.4. The second kappa shape index (κ2) is 45.5. The Kier molecular flexibility index (Phi) is 43.4. The highest BCUT2D eigenvalue weighted by Crippen LogP contribution is 2.47. The van der Waals surface area contributed by atoms with Gasteiger partial charge in [0.2, 0.25) is 0 Å². The van der Waals surface area contributed by atoms with Gasteiger partial charge in [-0.05, 0) is 12.8 Å². The molecular formula is C55H107O13P. The first-order valence-electron chi connectivity index (χ1n) is 28.8. The maximum absolute atomic E-state index is 12.9. The fraction of sp³-hybridized carbons (Fsp3) is 0.964. The van der Waals surface area contributed by atoms with Crippen molar-refractivity contribution in [3.63, 3.8) is 0 Å². The Morgan fingerprint density at radius 3 is 0.957 bits per heavy atom. The third kappa shape index (κ3) is 37.3. The molecule has 6 unspecified atom stereocenters. The van der Waals surface area contributed by atoms with E-state index in [1.54, 1.807) is 0 Å². The van der Waals surface area contributed by atoms with E-state index in [1.807, 2.05) is 0 Å². The highest BCUT2D eigenvalue weighted by atomic mass is 31.2. The zero-order chi connectivity index (χ0) is 50.6. The molecule has 8 atom stereocenters. The maximum atomic E-state index is 12.9. The molecule has 0 aliphatic heterocycles. The van der Waals surface area contributed by atoms with Gasteiger partial charge in [0.25, 0.3) is 0 Å². The number of phosphoric acid groups is 1. The van der Waals surface area contributed by atoms with E-state index in [1.165, 1.54) is 205 Å². The molecule has 0 bridgehead atoms. The molecule has 410 valence electrons. The molecule has 0 radical (unpaired) electrons.